The number of amides is 2. The van der Waals surface area contributed by atoms with Gasteiger partial charge < -0.3 is 9.47 Å². The molecule has 1 heterocycles. The maximum atomic E-state index is 12.8. The van der Waals surface area contributed by atoms with Crippen molar-refractivity contribution in [3.05, 3.63) is 56.9 Å². The second kappa shape index (κ2) is 9.11. The largest absolute Gasteiger partial charge is 0.493 e. The second-order valence-electron chi connectivity index (χ2n) is 6.36. The van der Waals surface area contributed by atoms with Crippen LogP contribution in [0.3, 0.4) is 0 Å². The highest BCUT2D eigenvalue weighted by molar-refractivity contribution is 8.19. The zero-order valence-corrected chi connectivity index (χ0v) is 18.4. The van der Waals surface area contributed by atoms with Gasteiger partial charge in [-0.05, 0) is 73.1 Å². The summed E-state index contributed by atoms with van der Waals surface area (Å²) in [5.41, 5.74) is 1.10. The van der Waals surface area contributed by atoms with Crippen LogP contribution in [0, 0.1) is 0 Å². The van der Waals surface area contributed by atoms with Crippen LogP contribution in [-0.2, 0) is 4.79 Å². The van der Waals surface area contributed by atoms with Gasteiger partial charge in [0, 0.05) is 5.02 Å². The minimum atomic E-state index is -0.405. The average Bonchev–Trinajstić information content (AvgIpc) is 2.97. The van der Waals surface area contributed by atoms with Crippen molar-refractivity contribution in [3.8, 4) is 11.5 Å². The van der Waals surface area contributed by atoms with Gasteiger partial charge in [-0.1, -0.05) is 30.1 Å². The zero-order valence-electron chi connectivity index (χ0n) is 16.1. The molecular formula is C21H19Cl2NO4S. The van der Waals surface area contributed by atoms with E-state index in [0.29, 0.717) is 37.7 Å². The second-order valence-corrected chi connectivity index (χ2v) is 8.20. The van der Waals surface area contributed by atoms with Gasteiger partial charge in [0.2, 0.25) is 0 Å². The number of methoxy groups -OCH3 is 1. The van der Waals surface area contributed by atoms with Crippen LogP contribution in [0.15, 0.2) is 41.3 Å². The summed E-state index contributed by atoms with van der Waals surface area (Å²) in [6.45, 7) is 3.95. The van der Waals surface area contributed by atoms with Gasteiger partial charge in [-0.15, -0.1) is 0 Å². The molecule has 29 heavy (non-hydrogen) atoms. The molecule has 1 fully saturated rings. The van der Waals surface area contributed by atoms with Gasteiger partial charge in [0.05, 0.1) is 28.8 Å². The molecule has 8 heteroatoms. The topological polar surface area (TPSA) is 55.8 Å². The van der Waals surface area contributed by atoms with Gasteiger partial charge in [-0.3, -0.25) is 9.59 Å². The van der Waals surface area contributed by atoms with Crippen LogP contribution in [-0.4, -0.2) is 24.4 Å². The molecule has 0 unspecified atom stereocenters. The standard InChI is InChI=1S/C21H19Cl2NO4S/c1-4-12(2)28-19-16(23)9-13(10-17(19)27-3)11-18-20(25)24(21(26)29-18)15-7-5-14(22)6-8-15/h5-12H,4H2,1-3H3/b18-11+/t12-/m0/s1. The van der Waals surface area contributed by atoms with Gasteiger partial charge in [-0.2, -0.15) is 0 Å². The van der Waals surface area contributed by atoms with Crippen LogP contribution in [0.4, 0.5) is 10.5 Å². The molecule has 5 nitrogen and oxygen atoms in total. The van der Waals surface area contributed by atoms with Crippen LogP contribution in [0.1, 0.15) is 25.8 Å². The molecule has 1 aliphatic heterocycles. The van der Waals surface area contributed by atoms with Crippen LogP contribution in [0.25, 0.3) is 6.08 Å². The summed E-state index contributed by atoms with van der Waals surface area (Å²) < 4.78 is 11.2. The van der Waals surface area contributed by atoms with E-state index in [1.165, 1.54) is 7.11 Å². The Morgan fingerprint density at radius 2 is 1.86 bits per heavy atom. The normalized spacial score (nSPS) is 16.4. The van der Waals surface area contributed by atoms with Crippen LogP contribution < -0.4 is 14.4 Å². The zero-order chi connectivity index (χ0) is 21.1. The fourth-order valence-electron chi connectivity index (χ4n) is 2.65. The van der Waals surface area contributed by atoms with E-state index in [-0.39, 0.29) is 11.3 Å². The third-order valence-corrected chi connectivity index (χ3v) is 5.72. The molecule has 2 aromatic rings. The summed E-state index contributed by atoms with van der Waals surface area (Å²) in [7, 11) is 1.52. The first-order valence-corrected chi connectivity index (χ1v) is 10.5. The first kappa shape index (κ1) is 21.6. The molecule has 1 saturated heterocycles. The lowest BCUT2D eigenvalue weighted by atomic mass is 10.1. The van der Waals surface area contributed by atoms with E-state index in [1.807, 2.05) is 13.8 Å². The number of thioether (sulfide) groups is 1. The molecule has 0 saturated carbocycles. The van der Waals surface area contributed by atoms with Crippen LogP contribution in [0.5, 0.6) is 11.5 Å². The van der Waals surface area contributed by atoms with Crippen molar-refractivity contribution in [1.82, 2.24) is 0 Å². The minimum absolute atomic E-state index is 0.0249. The number of halogens is 2. The van der Waals surface area contributed by atoms with Gasteiger partial charge in [0.25, 0.3) is 11.1 Å². The van der Waals surface area contributed by atoms with E-state index < -0.39 is 5.91 Å². The Hall–Kier alpha value is -2.15. The van der Waals surface area contributed by atoms with Gasteiger partial charge >= 0.3 is 0 Å². The first-order valence-electron chi connectivity index (χ1n) is 8.91. The average molecular weight is 452 g/mol. The number of nitrogens with zero attached hydrogens (tertiary/aromatic N) is 1. The molecule has 3 rings (SSSR count). The third kappa shape index (κ3) is 4.71. The molecule has 1 aliphatic rings. The lowest BCUT2D eigenvalue weighted by Crippen LogP contribution is -2.27. The van der Waals surface area contributed by atoms with E-state index in [0.717, 1.165) is 23.1 Å². The lowest BCUT2D eigenvalue weighted by Gasteiger charge is -2.17. The lowest BCUT2D eigenvalue weighted by molar-refractivity contribution is -0.113. The summed E-state index contributed by atoms with van der Waals surface area (Å²) in [6, 6.07) is 9.91. The molecule has 1 atom stereocenters. The van der Waals surface area contributed by atoms with Crippen molar-refractivity contribution in [3.63, 3.8) is 0 Å². The fourth-order valence-corrected chi connectivity index (χ4v) is 3.88. The van der Waals surface area contributed by atoms with E-state index in [9.17, 15) is 9.59 Å². The molecule has 0 aliphatic carbocycles. The number of imide groups is 1. The Labute approximate surface area is 183 Å². The molecule has 0 spiro atoms. The van der Waals surface area contributed by atoms with Crippen molar-refractivity contribution in [1.29, 1.82) is 0 Å². The van der Waals surface area contributed by atoms with Crippen molar-refractivity contribution < 1.29 is 19.1 Å². The fraction of sp³-hybridized carbons (Fsp3) is 0.238. The number of anilines is 1. The molecule has 0 aromatic heterocycles. The Balaban J connectivity index is 1.92. The highest BCUT2D eigenvalue weighted by Crippen LogP contribution is 2.40. The predicted octanol–water partition coefficient (Wildman–Crippen LogP) is 6.42. The highest BCUT2D eigenvalue weighted by atomic mass is 35.5. The van der Waals surface area contributed by atoms with E-state index in [4.69, 9.17) is 32.7 Å². The SMILES string of the molecule is CC[C@H](C)Oc1c(Cl)cc(/C=C2/SC(=O)N(c3ccc(Cl)cc3)C2=O)cc1OC. The summed E-state index contributed by atoms with van der Waals surface area (Å²) in [5, 5.41) is 0.517. The molecule has 2 aromatic carbocycles. The van der Waals surface area contributed by atoms with Crippen molar-refractivity contribution >= 4 is 57.9 Å². The Morgan fingerprint density at radius 1 is 1.17 bits per heavy atom. The predicted molar refractivity (Wildman–Crippen MR) is 118 cm³/mol. The Bertz CT molecular complexity index is 975. The summed E-state index contributed by atoms with van der Waals surface area (Å²) in [5.74, 6) is 0.508. The quantitative estimate of drug-likeness (QED) is 0.474. The molecular weight excluding hydrogens is 433 g/mol. The van der Waals surface area contributed by atoms with Gasteiger partial charge in [0.15, 0.2) is 11.5 Å². The van der Waals surface area contributed by atoms with E-state index >= 15 is 0 Å². The van der Waals surface area contributed by atoms with Crippen LogP contribution in [0.2, 0.25) is 10.0 Å². The van der Waals surface area contributed by atoms with Crippen LogP contribution >= 0.6 is 35.0 Å². The highest BCUT2D eigenvalue weighted by Gasteiger charge is 2.36. The summed E-state index contributed by atoms with van der Waals surface area (Å²) in [6.07, 6.45) is 2.41. The van der Waals surface area contributed by atoms with E-state index in [1.54, 1.807) is 42.5 Å². The molecule has 0 radical (unpaired) electrons. The van der Waals surface area contributed by atoms with Crippen molar-refractivity contribution in [2.24, 2.45) is 0 Å². The number of hydrogen-bond donors (Lipinski definition) is 0. The maximum Gasteiger partial charge on any atom is 0.298 e. The first-order chi connectivity index (χ1) is 13.8. The number of hydrogen-bond acceptors (Lipinski definition) is 5. The van der Waals surface area contributed by atoms with Gasteiger partial charge in [0.1, 0.15) is 0 Å². The molecule has 2 amide bonds. The number of carbonyl (C=O) groups excluding carboxylic acids is 2. The van der Waals surface area contributed by atoms with Crippen molar-refractivity contribution in [2.45, 2.75) is 26.4 Å². The smallest absolute Gasteiger partial charge is 0.298 e. The number of ether oxygens (including phenoxy) is 2. The van der Waals surface area contributed by atoms with E-state index in [2.05, 4.69) is 0 Å². The Morgan fingerprint density at radius 3 is 2.48 bits per heavy atom. The minimum Gasteiger partial charge on any atom is -0.493 e. The Kier molecular flexibility index (Phi) is 6.77. The number of benzene rings is 2. The summed E-state index contributed by atoms with van der Waals surface area (Å²) in [4.78, 5) is 26.6. The molecule has 0 bridgehead atoms. The van der Waals surface area contributed by atoms with Crippen molar-refractivity contribution in [2.75, 3.05) is 12.0 Å². The van der Waals surface area contributed by atoms with Gasteiger partial charge in [-0.25, -0.2) is 4.90 Å². The monoisotopic (exact) mass is 451 g/mol. The third-order valence-electron chi connectivity index (χ3n) is 4.32. The summed E-state index contributed by atoms with van der Waals surface area (Å²) >= 11 is 13.1. The molecule has 0 N–H and O–H groups in total. The molecule has 152 valence electrons. The number of rotatable bonds is 6. The maximum absolute atomic E-state index is 12.8. The number of carbonyl (C=O) groups is 2.